The largest absolute Gasteiger partial charge is 0.436 e. The zero-order valence-corrected chi connectivity index (χ0v) is 16.8. The number of primary amides is 1. The van der Waals surface area contributed by atoms with Crippen LogP contribution in [0.4, 0.5) is 10.6 Å². The summed E-state index contributed by atoms with van der Waals surface area (Å²) in [4.78, 5) is 39.9. The van der Waals surface area contributed by atoms with E-state index in [-0.39, 0.29) is 12.3 Å². The summed E-state index contributed by atoms with van der Waals surface area (Å²) in [5.74, 6) is -0.498. The van der Waals surface area contributed by atoms with E-state index in [1.165, 1.54) is 0 Å². The molecule has 2 aromatic rings. The van der Waals surface area contributed by atoms with E-state index in [0.717, 1.165) is 11.1 Å². The first kappa shape index (κ1) is 22.7. The Morgan fingerprint density at radius 2 is 1.77 bits per heavy atom. The monoisotopic (exact) mass is 413 g/mol. The minimum Gasteiger partial charge on any atom is -0.436 e. The van der Waals surface area contributed by atoms with Crippen LogP contribution in [0.1, 0.15) is 24.5 Å². The fourth-order valence-electron chi connectivity index (χ4n) is 2.77. The van der Waals surface area contributed by atoms with Crippen molar-refractivity contribution in [2.45, 2.75) is 38.3 Å². The van der Waals surface area contributed by atoms with Crippen molar-refractivity contribution in [3.05, 3.63) is 59.8 Å². The molecule has 0 fully saturated rings. The van der Waals surface area contributed by atoms with Crippen molar-refractivity contribution < 1.29 is 19.1 Å². The second-order valence-electron chi connectivity index (χ2n) is 6.81. The minimum atomic E-state index is -1.08. The number of amides is 3. The van der Waals surface area contributed by atoms with Gasteiger partial charge in [0.1, 0.15) is 11.9 Å². The van der Waals surface area contributed by atoms with Gasteiger partial charge in [0.05, 0.1) is 0 Å². The maximum atomic E-state index is 12.5. The lowest BCUT2D eigenvalue weighted by Crippen LogP contribution is -2.49. The molecule has 0 spiro atoms. The third-order valence-electron chi connectivity index (χ3n) is 4.40. The fraction of sp³-hybridized carbons (Fsp3) is 0.333. The molecular formula is C21H27N5O4. The highest BCUT2D eigenvalue weighted by molar-refractivity contribution is 5.89. The molecule has 2 unspecified atom stereocenters. The Balaban J connectivity index is 1.82. The molecule has 1 heterocycles. The maximum Gasteiger partial charge on any atom is 0.405 e. The molecule has 160 valence electrons. The summed E-state index contributed by atoms with van der Waals surface area (Å²) in [6, 6.07) is 12.2. The van der Waals surface area contributed by atoms with Crippen LogP contribution in [0.2, 0.25) is 0 Å². The first-order chi connectivity index (χ1) is 14.3. The molecule has 0 aliphatic heterocycles. The number of anilines is 1. The highest BCUT2D eigenvalue weighted by Crippen LogP contribution is 2.08. The predicted octanol–water partition coefficient (Wildman–Crippen LogP) is 0.924. The summed E-state index contributed by atoms with van der Waals surface area (Å²) >= 11 is 0. The van der Waals surface area contributed by atoms with Crippen LogP contribution in [0.15, 0.2) is 48.7 Å². The summed E-state index contributed by atoms with van der Waals surface area (Å²) < 4.78 is 4.94. The first-order valence-electron chi connectivity index (χ1n) is 9.63. The van der Waals surface area contributed by atoms with E-state index in [1.807, 2.05) is 36.4 Å². The molecule has 6 N–H and O–H groups in total. The van der Waals surface area contributed by atoms with Crippen LogP contribution in [0.5, 0.6) is 0 Å². The number of nitrogens with one attached hydrogen (secondary N) is 2. The van der Waals surface area contributed by atoms with Gasteiger partial charge >= 0.3 is 6.09 Å². The SMILES string of the molecule is CC(NC(=O)C(CCc1ccccc1)OC(N)=O)C(=O)NCCc1ccc(N)nc1. The molecule has 0 aliphatic carbocycles. The second-order valence-corrected chi connectivity index (χ2v) is 6.81. The van der Waals surface area contributed by atoms with E-state index in [1.54, 1.807) is 19.2 Å². The smallest absolute Gasteiger partial charge is 0.405 e. The molecular weight excluding hydrogens is 386 g/mol. The van der Waals surface area contributed by atoms with E-state index in [4.69, 9.17) is 16.2 Å². The second kappa shape index (κ2) is 11.4. The molecule has 0 aliphatic rings. The maximum absolute atomic E-state index is 12.5. The van der Waals surface area contributed by atoms with Gasteiger partial charge in [-0.15, -0.1) is 0 Å². The number of aryl methyl sites for hydroxylation is 1. The Kier molecular flexibility index (Phi) is 8.61. The zero-order valence-electron chi connectivity index (χ0n) is 16.8. The molecule has 2 rings (SSSR count). The molecule has 0 saturated heterocycles. The Hall–Kier alpha value is -3.62. The molecule has 3 amide bonds. The van der Waals surface area contributed by atoms with Gasteiger partial charge in [0, 0.05) is 12.7 Å². The van der Waals surface area contributed by atoms with Gasteiger partial charge in [-0.1, -0.05) is 36.4 Å². The van der Waals surface area contributed by atoms with Crippen LogP contribution < -0.4 is 22.1 Å². The van der Waals surface area contributed by atoms with Gasteiger partial charge in [-0.2, -0.15) is 0 Å². The number of aromatic nitrogens is 1. The predicted molar refractivity (Wildman–Crippen MR) is 112 cm³/mol. The van der Waals surface area contributed by atoms with Crippen LogP contribution in [0.3, 0.4) is 0 Å². The highest BCUT2D eigenvalue weighted by atomic mass is 16.6. The van der Waals surface area contributed by atoms with Crippen molar-refractivity contribution in [1.29, 1.82) is 0 Å². The van der Waals surface area contributed by atoms with Crippen molar-refractivity contribution in [1.82, 2.24) is 15.6 Å². The highest BCUT2D eigenvalue weighted by Gasteiger charge is 2.25. The lowest BCUT2D eigenvalue weighted by Gasteiger charge is -2.20. The average molecular weight is 413 g/mol. The summed E-state index contributed by atoms with van der Waals surface area (Å²) in [6.07, 6.45) is 0.853. The number of pyridine rings is 1. The number of nitrogens with zero attached hydrogens (tertiary/aromatic N) is 1. The number of nitrogens with two attached hydrogens (primary N) is 2. The average Bonchev–Trinajstić information content (AvgIpc) is 2.72. The number of nitrogen functional groups attached to an aromatic ring is 1. The first-order valence-corrected chi connectivity index (χ1v) is 9.63. The van der Waals surface area contributed by atoms with Gasteiger partial charge in [0.25, 0.3) is 5.91 Å². The van der Waals surface area contributed by atoms with E-state index in [0.29, 0.717) is 25.2 Å². The normalized spacial score (nSPS) is 12.4. The Bertz CT molecular complexity index is 842. The van der Waals surface area contributed by atoms with E-state index < -0.39 is 24.1 Å². The van der Waals surface area contributed by atoms with Crippen molar-refractivity contribution >= 4 is 23.7 Å². The van der Waals surface area contributed by atoms with Gasteiger partial charge in [-0.3, -0.25) is 9.59 Å². The summed E-state index contributed by atoms with van der Waals surface area (Å²) in [6.45, 7) is 1.93. The number of ether oxygens (including phenoxy) is 1. The third kappa shape index (κ3) is 7.78. The molecule has 9 heteroatoms. The number of rotatable bonds is 10. The van der Waals surface area contributed by atoms with Crippen molar-refractivity contribution in [3.63, 3.8) is 0 Å². The number of hydrogen-bond acceptors (Lipinski definition) is 6. The third-order valence-corrected chi connectivity index (χ3v) is 4.40. The standard InChI is InChI=1S/C21H27N5O4/c1-14(19(27)24-12-11-16-8-10-18(22)25-13-16)26-20(28)17(30-21(23)29)9-7-15-5-3-2-4-6-15/h2-6,8,10,13-14,17H,7,9,11-12H2,1H3,(H2,22,25)(H2,23,29)(H,24,27)(H,26,28). The summed E-state index contributed by atoms with van der Waals surface area (Å²) in [7, 11) is 0. The van der Waals surface area contributed by atoms with Crippen LogP contribution >= 0.6 is 0 Å². The Morgan fingerprint density at radius 1 is 1.03 bits per heavy atom. The van der Waals surface area contributed by atoms with E-state index in [2.05, 4.69) is 15.6 Å². The van der Waals surface area contributed by atoms with Gasteiger partial charge in [0.2, 0.25) is 5.91 Å². The van der Waals surface area contributed by atoms with Gasteiger partial charge in [-0.05, 0) is 43.4 Å². The topological polar surface area (TPSA) is 149 Å². The lowest BCUT2D eigenvalue weighted by molar-refractivity contribution is -0.133. The molecule has 1 aromatic carbocycles. The Morgan fingerprint density at radius 3 is 2.40 bits per heavy atom. The summed E-state index contributed by atoms with van der Waals surface area (Å²) in [5, 5.41) is 5.31. The molecule has 0 radical (unpaired) electrons. The molecule has 0 saturated carbocycles. The van der Waals surface area contributed by atoms with Crippen molar-refractivity contribution in [2.75, 3.05) is 12.3 Å². The summed E-state index contributed by atoms with van der Waals surface area (Å²) in [5.41, 5.74) is 12.5. The number of carbonyl (C=O) groups excluding carboxylic acids is 3. The molecule has 0 bridgehead atoms. The molecule has 2 atom stereocenters. The quantitative estimate of drug-likeness (QED) is 0.455. The van der Waals surface area contributed by atoms with Gasteiger partial charge < -0.3 is 26.8 Å². The van der Waals surface area contributed by atoms with Crippen LogP contribution in [0.25, 0.3) is 0 Å². The van der Waals surface area contributed by atoms with Crippen molar-refractivity contribution in [2.24, 2.45) is 5.73 Å². The van der Waals surface area contributed by atoms with Crippen LogP contribution in [0, 0.1) is 0 Å². The van der Waals surface area contributed by atoms with E-state index >= 15 is 0 Å². The number of carbonyl (C=O) groups is 3. The molecule has 9 nitrogen and oxygen atoms in total. The minimum absolute atomic E-state index is 0.247. The zero-order chi connectivity index (χ0) is 21.9. The van der Waals surface area contributed by atoms with Gasteiger partial charge in [-0.25, -0.2) is 9.78 Å². The molecule has 1 aromatic heterocycles. The fourth-order valence-corrected chi connectivity index (χ4v) is 2.77. The van der Waals surface area contributed by atoms with Crippen LogP contribution in [-0.4, -0.2) is 41.6 Å². The number of benzene rings is 1. The van der Waals surface area contributed by atoms with E-state index in [9.17, 15) is 14.4 Å². The number of hydrogen-bond donors (Lipinski definition) is 4. The lowest BCUT2D eigenvalue weighted by atomic mass is 10.1. The van der Waals surface area contributed by atoms with Gasteiger partial charge in [0.15, 0.2) is 6.10 Å². The molecule has 30 heavy (non-hydrogen) atoms. The Labute approximate surface area is 175 Å². The van der Waals surface area contributed by atoms with Crippen molar-refractivity contribution in [3.8, 4) is 0 Å². The van der Waals surface area contributed by atoms with Crippen LogP contribution in [-0.2, 0) is 27.2 Å².